The highest BCUT2D eigenvalue weighted by Gasteiger charge is 2.34. The second-order valence-electron chi connectivity index (χ2n) is 5.30. The molecule has 2 unspecified atom stereocenters. The molecule has 1 saturated heterocycles. The third kappa shape index (κ3) is 3.44. The molecule has 1 heterocycles. The van der Waals surface area contributed by atoms with Crippen LogP contribution in [0.25, 0.3) is 0 Å². The van der Waals surface area contributed by atoms with Gasteiger partial charge in [-0.25, -0.2) is 0 Å². The molecule has 0 spiro atoms. The van der Waals surface area contributed by atoms with E-state index < -0.39 is 0 Å². The Balaban J connectivity index is 1.59. The Hall–Kier alpha value is -0.120. The molecule has 1 aliphatic carbocycles. The Bertz CT molecular complexity index is 191. The molecular formula is C12H25N3. The zero-order chi connectivity index (χ0) is 10.7. The smallest absolute Gasteiger partial charge is 0.0207 e. The van der Waals surface area contributed by atoms with Crippen molar-refractivity contribution >= 4 is 0 Å². The van der Waals surface area contributed by atoms with Gasteiger partial charge in [-0.1, -0.05) is 6.92 Å². The van der Waals surface area contributed by atoms with Gasteiger partial charge in [-0.05, 0) is 44.7 Å². The van der Waals surface area contributed by atoms with E-state index in [1.165, 1.54) is 32.4 Å². The van der Waals surface area contributed by atoms with Crippen molar-refractivity contribution in [2.24, 2.45) is 11.7 Å². The zero-order valence-electron chi connectivity index (χ0n) is 9.91. The molecule has 2 fully saturated rings. The van der Waals surface area contributed by atoms with Gasteiger partial charge in [-0.2, -0.15) is 0 Å². The maximum absolute atomic E-state index is 5.55. The van der Waals surface area contributed by atoms with Crippen LogP contribution in [-0.4, -0.2) is 43.2 Å². The average Bonchev–Trinajstić information content (AvgIpc) is 2.96. The molecule has 1 aliphatic heterocycles. The van der Waals surface area contributed by atoms with E-state index in [-0.39, 0.29) is 0 Å². The van der Waals surface area contributed by atoms with E-state index in [0.717, 1.165) is 37.5 Å². The second kappa shape index (κ2) is 5.28. The Morgan fingerprint density at radius 3 is 2.87 bits per heavy atom. The molecule has 2 rings (SSSR count). The predicted molar refractivity (Wildman–Crippen MR) is 63.8 cm³/mol. The van der Waals surface area contributed by atoms with Crippen molar-refractivity contribution in [1.29, 1.82) is 0 Å². The summed E-state index contributed by atoms with van der Waals surface area (Å²) >= 11 is 0. The van der Waals surface area contributed by atoms with E-state index in [0.29, 0.717) is 0 Å². The van der Waals surface area contributed by atoms with Crippen LogP contribution in [0.5, 0.6) is 0 Å². The minimum Gasteiger partial charge on any atom is -0.330 e. The molecule has 3 heteroatoms. The molecule has 88 valence electrons. The van der Waals surface area contributed by atoms with Gasteiger partial charge in [0.15, 0.2) is 0 Å². The quantitative estimate of drug-likeness (QED) is 0.683. The molecule has 0 aromatic carbocycles. The number of nitrogens with zero attached hydrogens (tertiary/aromatic N) is 1. The molecular weight excluding hydrogens is 186 g/mol. The van der Waals surface area contributed by atoms with Crippen molar-refractivity contribution in [1.82, 2.24) is 10.2 Å². The van der Waals surface area contributed by atoms with Crippen molar-refractivity contribution in [3.8, 4) is 0 Å². The molecule has 15 heavy (non-hydrogen) atoms. The van der Waals surface area contributed by atoms with Gasteiger partial charge in [0.2, 0.25) is 0 Å². The molecule has 1 saturated carbocycles. The van der Waals surface area contributed by atoms with E-state index >= 15 is 0 Å². The van der Waals surface area contributed by atoms with E-state index in [4.69, 9.17) is 5.73 Å². The molecule has 0 amide bonds. The third-order valence-corrected chi connectivity index (χ3v) is 3.70. The lowest BCUT2D eigenvalue weighted by atomic mass is 10.1. The van der Waals surface area contributed by atoms with Crippen LogP contribution >= 0.6 is 0 Å². The van der Waals surface area contributed by atoms with Crippen LogP contribution in [0.2, 0.25) is 0 Å². The molecule has 2 atom stereocenters. The van der Waals surface area contributed by atoms with Crippen LogP contribution in [0.4, 0.5) is 0 Å². The fourth-order valence-electron chi connectivity index (χ4n) is 2.48. The first-order chi connectivity index (χ1) is 7.29. The fourth-order valence-corrected chi connectivity index (χ4v) is 2.48. The Labute approximate surface area is 93.4 Å². The van der Waals surface area contributed by atoms with E-state index in [9.17, 15) is 0 Å². The highest BCUT2D eigenvalue weighted by atomic mass is 15.2. The predicted octanol–water partition coefficient (Wildman–Crippen LogP) is 0.798. The Morgan fingerprint density at radius 2 is 2.20 bits per heavy atom. The van der Waals surface area contributed by atoms with Gasteiger partial charge in [0, 0.05) is 25.2 Å². The molecule has 0 bridgehead atoms. The molecule has 0 aromatic heterocycles. The zero-order valence-corrected chi connectivity index (χ0v) is 9.91. The van der Waals surface area contributed by atoms with Crippen molar-refractivity contribution in [3.63, 3.8) is 0 Å². The van der Waals surface area contributed by atoms with Crippen LogP contribution in [0, 0.1) is 5.92 Å². The minimum absolute atomic E-state index is 0.727. The summed E-state index contributed by atoms with van der Waals surface area (Å²) in [5, 5.41) is 3.68. The van der Waals surface area contributed by atoms with Crippen LogP contribution < -0.4 is 11.1 Å². The molecule has 3 N–H and O–H groups in total. The van der Waals surface area contributed by atoms with Crippen molar-refractivity contribution in [2.45, 2.75) is 44.7 Å². The summed E-state index contributed by atoms with van der Waals surface area (Å²) < 4.78 is 0. The normalized spacial score (nSPS) is 29.6. The topological polar surface area (TPSA) is 41.3 Å². The first kappa shape index (κ1) is 11.4. The van der Waals surface area contributed by atoms with Crippen LogP contribution in [-0.2, 0) is 0 Å². The number of nitrogens with two attached hydrogens (primary N) is 1. The summed E-state index contributed by atoms with van der Waals surface area (Å²) in [6.07, 6.45) is 5.37. The van der Waals surface area contributed by atoms with E-state index in [1.54, 1.807) is 0 Å². The Morgan fingerprint density at radius 1 is 1.40 bits per heavy atom. The number of rotatable bonds is 6. The second-order valence-corrected chi connectivity index (χ2v) is 5.30. The lowest BCUT2D eigenvalue weighted by Gasteiger charge is -2.18. The summed E-state index contributed by atoms with van der Waals surface area (Å²) in [6.45, 7) is 6.84. The number of likely N-dealkylation sites (tertiary alicyclic amines) is 1. The summed E-state index contributed by atoms with van der Waals surface area (Å²) in [7, 11) is 0. The van der Waals surface area contributed by atoms with E-state index in [1.807, 2.05) is 0 Å². The van der Waals surface area contributed by atoms with Crippen LogP contribution in [0.1, 0.15) is 32.6 Å². The lowest BCUT2D eigenvalue weighted by Crippen LogP contribution is -2.36. The Kier molecular flexibility index (Phi) is 4.00. The van der Waals surface area contributed by atoms with Gasteiger partial charge >= 0.3 is 0 Å². The van der Waals surface area contributed by atoms with Crippen LogP contribution in [0.3, 0.4) is 0 Å². The van der Waals surface area contributed by atoms with Crippen molar-refractivity contribution in [2.75, 3.05) is 26.2 Å². The van der Waals surface area contributed by atoms with Crippen LogP contribution in [0.15, 0.2) is 0 Å². The number of nitrogens with one attached hydrogen (secondary N) is 1. The maximum atomic E-state index is 5.55. The first-order valence-corrected chi connectivity index (χ1v) is 6.47. The largest absolute Gasteiger partial charge is 0.330 e. The summed E-state index contributed by atoms with van der Waals surface area (Å²) in [6, 6.07) is 1.68. The van der Waals surface area contributed by atoms with Gasteiger partial charge in [0.1, 0.15) is 0 Å². The molecule has 0 aromatic rings. The van der Waals surface area contributed by atoms with Gasteiger partial charge in [-0.3, -0.25) is 4.90 Å². The molecule has 3 nitrogen and oxygen atoms in total. The maximum Gasteiger partial charge on any atom is 0.0207 e. The summed E-state index contributed by atoms with van der Waals surface area (Å²) in [5.74, 6) is 0.727. The first-order valence-electron chi connectivity index (χ1n) is 6.47. The monoisotopic (exact) mass is 211 g/mol. The summed E-state index contributed by atoms with van der Waals surface area (Å²) in [5.41, 5.74) is 5.55. The SMILES string of the molecule is CC(CCN)CNC1CCN(C2CC2)C1. The fraction of sp³-hybridized carbons (Fsp3) is 1.00. The summed E-state index contributed by atoms with van der Waals surface area (Å²) in [4.78, 5) is 2.66. The standard InChI is InChI=1S/C12H25N3/c1-10(4-6-13)8-14-11-5-7-15(9-11)12-2-3-12/h10-12,14H,2-9,13H2,1H3. The van der Waals surface area contributed by atoms with Gasteiger partial charge in [-0.15, -0.1) is 0 Å². The highest BCUT2D eigenvalue weighted by molar-refractivity contribution is 4.91. The lowest BCUT2D eigenvalue weighted by molar-refractivity contribution is 0.314. The minimum atomic E-state index is 0.727. The molecule has 0 radical (unpaired) electrons. The third-order valence-electron chi connectivity index (χ3n) is 3.70. The van der Waals surface area contributed by atoms with Gasteiger partial charge in [0.25, 0.3) is 0 Å². The average molecular weight is 211 g/mol. The van der Waals surface area contributed by atoms with E-state index in [2.05, 4.69) is 17.1 Å². The number of hydrogen-bond donors (Lipinski definition) is 2. The van der Waals surface area contributed by atoms with Gasteiger partial charge in [0.05, 0.1) is 0 Å². The number of hydrogen-bond acceptors (Lipinski definition) is 3. The highest BCUT2D eigenvalue weighted by Crippen LogP contribution is 2.29. The van der Waals surface area contributed by atoms with Gasteiger partial charge < -0.3 is 11.1 Å². The van der Waals surface area contributed by atoms with Crippen molar-refractivity contribution < 1.29 is 0 Å². The van der Waals surface area contributed by atoms with Crippen molar-refractivity contribution in [3.05, 3.63) is 0 Å². The molecule has 2 aliphatic rings.